The van der Waals surface area contributed by atoms with Gasteiger partial charge in [-0.2, -0.15) is 0 Å². The zero-order valence-electron chi connectivity index (χ0n) is 12.1. The molecule has 0 bridgehead atoms. The van der Waals surface area contributed by atoms with Gasteiger partial charge >= 0.3 is 5.97 Å². The highest BCUT2D eigenvalue weighted by Gasteiger charge is 2.06. The molecule has 0 spiro atoms. The predicted molar refractivity (Wildman–Crippen MR) is 84.4 cm³/mol. The van der Waals surface area contributed by atoms with Crippen LogP contribution in [0.3, 0.4) is 0 Å². The summed E-state index contributed by atoms with van der Waals surface area (Å²) in [5, 5.41) is 12.2. The molecule has 1 unspecified atom stereocenters. The van der Waals surface area contributed by atoms with Gasteiger partial charge in [-0.3, -0.25) is 0 Å². The van der Waals surface area contributed by atoms with Crippen LogP contribution in [0.1, 0.15) is 33.1 Å². The van der Waals surface area contributed by atoms with E-state index >= 15 is 0 Å². The van der Waals surface area contributed by atoms with E-state index in [0.29, 0.717) is 18.4 Å². The van der Waals surface area contributed by atoms with E-state index in [9.17, 15) is 4.79 Å². The lowest BCUT2D eigenvalue weighted by Crippen LogP contribution is -2.23. The van der Waals surface area contributed by atoms with Crippen LogP contribution < -0.4 is 10.1 Å². The summed E-state index contributed by atoms with van der Waals surface area (Å²) < 4.78 is 5.58. The number of benzene rings is 1. The number of hydrogen-bond acceptors (Lipinski definition) is 4. The first kappa shape index (κ1) is 15.5. The van der Waals surface area contributed by atoms with Crippen LogP contribution >= 0.6 is 11.3 Å². The van der Waals surface area contributed by atoms with Gasteiger partial charge in [0.25, 0.3) is 0 Å². The van der Waals surface area contributed by atoms with Gasteiger partial charge in [0.2, 0.25) is 0 Å². The number of aryl methyl sites for hydroxylation is 1. The van der Waals surface area contributed by atoms with Crippen LogP contribution in [-0.2, 0) is 0 Å². The number of carboxylic acid groups (broad SMARTS) is 1. The molecule has 0 fully saturated rings. The summed E-state index contributed by atoms with van der Waals surface area (Å²) in [6.45, 7) is 5.51. The molecule has 1 aromatic carbocycles. The van der Waals surface area contributed by atoms with E-state index in [1.54, 1.807) is 35.6 Å². The van der Waals surface area contributed by atoms with Crippen LogP contribution in [0.15, 0.2) is 36.4 Å². The molecule has 0 aliphatic carbocycles. The Bertz CT molecular complexity index is 592. The van der Waals surface area contributed by atoms with E-state index in [1.165, 1.54) is 9.75 Å². The molecule has 2 aromatic rings. The molecule has 0 saturated heterocycles. The average Bonchev–Trinajstić information content (AvgIpc) is 2.90. The van der Waals surface area contributed by atoms with E-state index in [-0.39, 0.29) is 5.56 Å². The van der Waals surface area contributed by atoms with Gasteiger partial charge in [-0.25, -0.2) is 4.79 Å². The van der Waals surface area contributed by atoms with E-state index in [2.05, 4.69) is 31.3 Å². The molecular weight excluding hydrogens is 286 g/mol. The number of aromatic carboxylic acids is 1. The second-order valence-corrected chi connectivity index (χ2v) is 6.12. The van der Waals surface area contributed by atoms with Gasteiger partial charge in [-0.1, -0.05) is 0 Å². The Labute approximate surface area is 128 Å². The Morgan fingerprint density at radius 2 is 2.00 bits per heavy atom. The first-order valence-electron chi connectivity index (χ1n) is 6.82. The van der Waals surface area contributed by atoms with Crippen LogP contribution in [0.25, 0.3) is 0 Å². The molecule has 4 nitrogen and oxygen atoms in total. The average molecular weight is 305 g/mol. The summed E-state index contributed by atoms with van der Waals surface area (Å²) in [5.41, 5.74) is 0.266. The highest BCUT2D eigenvalue weighted by Crippen LogP contribution is 2.22. The maximum atomic E-state index is 10.7. The lowest BCUT2D eigenvalue weighted by atomic mass is 10.2. The molecule has 2 N–H and O–H groups in total. The van der Waals surface area contributed by atoms with Crippen molar-refractivity contribution in [1.82, 2.24) is 5.32 Å². The number of carboxylic acids is 1. The van der Waals surface area contributed by atoms with Gasteiger partial charge in [-0.15, -0.1) is 11.3 Å². The second-order valence-electron chi connectivity index (χ2n) is 4.80. The molecule has 0 saturated carbocycles. The third-order valence-electron chi connectivity index (χ3n) is 3.11. The smallest absolute Gasteiger partial charge is 0.335 e. The van der Waals surface area contributed by atoms with Gasteiger partial charge < -0.3 is 15.2 Å². The van der Waals surface area contributed by atoms with Crippen LogP contribution in [0.4, 0.5) is 0 Å². The van der Waals surface area contributed by atoms with E-state index in [0.717, 1.165) is 6.54 Å². The van der Waals surface area contributed by atoms with Crippen molar-refractivity contribution in [1.29, 1.82) is 0 Å². The minimum atomic E-state index is -0.928. The highest BCUT2D eigenvalue weighted by molar-refractivity contribution is 7.12. The maximum Gasteiger partial charge on any atom is 0.335 e. The third kappa shape index (κ3) is 4.58. The number of ether oxygens (including phenoxy) is 1. The molecule has 5 heteroatoms. The summed E-state index contributed by atoms with van der Waals surface area (Å²) in [7, 11) is 0. The zero-order valence-corrected chi connectivity index (χ0v) is 12.9. The van der Waals surface area contributed by atoms with Gasteiger partial charge in [0, 0.05) is 22.3 Å². The molecule has 1 aromatic heterocycles. The third-order valence-corrected chi connectivity index (χ3v) is 4.29. The minimum absolute atomic E-state index is 0.266. The number of thiophene rings is 1. The van der Waals surface area contributed by atoms with Crippen LogP contribution in [0, 0.1) is 6.92 Å². The molecule has 0 amide bonds. The predicted octanol–water partition coefficient (Wildman–Crippen LogP) is 3.48. The van der Waals surface area contributed by atoms with Crippen molar-refractivity contribution >= 4 is 17.3 Å². The van der Waals surface area contributed by atoms with Crippen molar-refractivity contribution in [2.45, 2.75) is 19.9 Å². The Morgan fingerprint density at radius 3 is 2.57 bits per heavy atom. The largest absolute Gasteiger partial charge is 0.492 e. The molecule has 1 heterocycles. The Kier molecular flexibility index (Phi) is 5.36. The molecule has 21 heavy (non-hydrogen) atoms. The lowest BCUT2D eigenvalue weighted by molar-refractivity contribution is 0.0697. The fourth-order valence-corrected chi connectivity index (χ4v) is 2.83. The topological polar surface area (TPSA) is 58.6 Å². The monoisotopic (exact) mass is 305 g/mol. The fourth-order valence-electron chi connectivity index (χ4n) is 1.92. The van der Waals surface area contributed by atoms with Gasteiger partial charge in [-0.05, 0) is 50.2 Å². The van der Waals surface area contributed by atoms with Crippen LogP contribution in [0.5, 0.6) is 5.75 Å². The zero-order chi connectivity index (χ0) is 15.2. The Balaban J connectivity index is 1.73. The van der Waals surface area contributed by atoms with Crippen LogP contribution in [0.2, 0.25) is 0 Å². The fraction of sp³-hybridized carbons (Fsp3) is 0.312. The van der Waals surface area contributed by atoms with Crippen molar-refractivity contribution in [2.75, 3.05) is 13.2 Å². The van der Waals surface area contributed by atoms with Gasteiger partial charge in [0.15, 0.2) is 0 Å². The quantitative estimate of drug-likeness (QED) is 0.769. The summed E-state index contributed by atoms with van der Waals surface area (Å²) in [5.74, 6) is -0.246. The molecule has 0 radical (unpaired) electrons. The molecular formula is C16H19NO3S. The van der Waals surface area contributed by atoms with Crippen molar-refractivity contribution in [3.8, 4) is 5.75 Å². The maximum absolute atomic E-state index is 10.7. The number of hydrogen-bond donors (Lipinski definition) is 2. The first-order valence-corrected chi connectivity index (χ1v) is 7.64. The standard InChI is InChI=1S/C16H19NO3S/c1-11-3-8-15(21-11)12(2)17-9-10-20-14-6-4-13(5-7-14)16(18)19/h3-8,12,17H,9-10H2,1-2H3,(H,18,19). The van der Waals surface area contributed by atoms with Crippen molar-refractivity contribution < 1.29 is 14.6 Å². The normalized spacial score (nSPS) is 12.1. The Hall–Kier alpha value is -1.85. The molecule has 2 rings (SSSR count). The minimum Gasteiger partial charge on any atom is -0.492 e. The van der Waals surface area contributed by atoms with E-state index in [4.69, 9.17) is 9.84 Å². The van der Waals surface area contributed by atoms with Crippen molar-refractivity contribution in [3.63, 3.8) is 0 Å². The lowest BCUT2D eigenvalue weighted by Gasteiger charge is -2.12. The summed E-state index contributed by atoms with van der Waals surface area (Å²) in [6, 6.07) is 11.0. The first-order chi connectivity index (χ1) is 10.1. The van der Waals surface area contributed by atoms with E-state index in [1.807, 2.05) is 0 Å². The second kappa shape index (κ2) is 7.24. The molecule has 0 aliphatic heterocycles. The number of nitrogens with one attached hydrogen (secondary N) is 1. The highest BCUT2D eigenvalue weighted by atomic mass is 32.1. The van der Waals surface area contributed by atoms with E-state index < -0.39 is 5.97 Å². The summed E-state index contributed by atoms with van der Waals surface area (Å²) >= 11 is 1.80. The summed E-state index contributed by atoms with van der Waals surface area (Å²) in [4.78, 5) is 13.4. The molecule has 1 atom stereocenters. The van der Waals surface area contributed by atoms with Gasteiger partial charge in [0.05, 0.1) is 5.56 Å². The van der Waals surface area contributed by atoms with Crippen molar-refractivity contribution in [2.24, 2.45) is 0 Å². The summed E-state index contributed by atoms with van der Waals surface area (Å²) in [6.07, 6.45) is 0. The molecule has 0 aliphatic rings. The molecule has 112 valence electrons. The van der Waals surface area contributed by atoms with Crippen molar-refractivity contribution in [3.05, 3.63) is 51.7 Å². The van der Waals surface area contributed by atoms with Gasteiger partial charge in [0.1, 0.15) is 12.4 Å². The SMILES string of the molecule is Cc1ccc(C(C)NCCOc2ccc(C(=O)O)cc2)s1. The number of carbonyl (C=O) groups is 1. The number of rotatable bonds is 7. The Morgan fingerprint density at radius 1 is 1.29 bits per heavy atom. The van der Waals surface area contributed by atoms with Crippen LogP contribution in [-0.4, -0.2) is 24.2 Å².